The van der Waals surface area contributed by atoms with Crippen molar-refractivity contribution in [2.24, 2.45) is 0 Å². The first-order chi connectivity index (χ1) is 10.8. The van der Waals surface area contributed by atoms with Crippen molar-refractivity contribution in [1.82, 2.24) is 4.90 Å². The lowest BCUT2D eigenvalue weighted by Gasteiger charge is -2.39. The molecule has 1 heterocycles. The van der Waals surface area contributed by atoms with Crippen LogP contribution in [0.15, 0.2) is 54.6 Å². The fourth-order valence-electron chi connectivity index (χ4n) is 3.17. The highest BCUT2D eigenvalue weighted by Crippen LogP contribution is 2.24. The standard InChI is InChI=1S/C20H26N2/c1-3-17(2)21-13-15-22(16-14-21)20-11-9-19(10-12-20)18-7-5-4-6-8-18/h4-12,17H,3,13-16H2,1-2H3. The van der Waals surface area contributed by atoms with Crippen LogP contribution in [0.25, 0.3) is 11.1 Å². The number of nitrogens with zero attached hydrogens (tertiary/aromatic N) is 2. The van der Waals surface area contributed by atoms with Crippen LogP contribution in [0.2, 0.25) is 0 Å². The van der Waals surface area contributed by atoms with E-state index in [1.54, 1.807) is 0 Å². The van der Waals surface area contributed by atoms with Gasteiger partial charge in [0.05, 0.1) is 0 Å². The summed E-state index contributed by atoms with van der Waals surface area (Å²) >= 11 is 0. The Morgan fingerprint density at radius 1 is 0.818 bits per heavy atom. The predicted octanol–water partition coefficient (Wildman–Crippen LogP) is 4.27. The summed E-state index contributed by atoms with van der Waals surface area (Å²) in [6.07, 6.45) is 1.24. The maximum absolute atomic E-state index is 2.61. The lowest BCUT2D eigenvalue weighted by atomic mass is 10.1. The molecule has 0 spiro atoms. The first-order valence-electron chi connectivity index (χ1n) is 8.42. The van der Waals surface area contributed by atoms with Crippen LogP contribution in [0.3, 0.4) is 0 Å². The number of piperazine rings is 1. The molecule has 1 aliphatic rings. The first-order valence-corrected chi connectivity index (χ1v) is 8.42. The second kappa shape index (κ2) is 6.97. The van der Waals surface area contributed by atoms with Crippen molar-refractivity contribution >= 4 is 5.69 Å². The normalized spacial score (nSPS) is 17.5. The van der Waals surface area contributed by atoms with Crippen LogP contribution in [-0.4, -0.2) is 37.1 Å². The van der Waals surface area contributed by atoms with Gasteiger partial charge in [-0.2, -0.15) is 0 Å². The molecule has 116 valence electrons. The van der Waals surface area contributed by atoms with Crippen molar-refractivity contribution < 1.29 is 0 Å². The van der Waals surface area contributed by atoms with Gasteiger partial charge in [0.15, 0.2) is 0 Å². The van der Waals surface area contributed by atoms with E-state index in [4.69, 9.17) is 0 Å². The molecule has 2 nitrogen and oxygen atoms in total. The minimum atomic E-state index is 0.711. The van der Waals surface area contributed by atoms with Crippen molar-refractivity contribution in [3.63, 3.8) is 0 Å². The zero-order valence-corrected chi connectivity index (χ0v) is 13.7. The van der Waals surface area contributed by atoms with Crippen molar-refractivity contribution in [2.45, 2.75) is 26.3 Å². The monoisotopic (exact) mass is 294 g/mol. The minimum Gasteiger partial charge on any atom is -0.369 e. The highest BCUT2D eigenvalue weighted by Gasteiger charge is 2.20. The van der Waals surface area contributed by atoms with Gasteiger partial charge in [0.2, 0.25) is 0 Å². The zero-order valence-electron chi connectivity index (χ0n) is 13.7. The Balaban J connectivity index is 1.65. The molecule has 0 amide bonds. The van der Waals surface area contributed by atoms with E-state index in [1.165, 1.54) is 36.3 Å². The molecule has 0 aromatic heterocycles. The summed E-state index contributed by atoms with van der Waals surface area (Å²) in [7, 11) is 0. The van der Waals surface area contributed by atoms with Crippen molar-refractivity contribution in [3.05, 3.63) is 54.6 Å². The third-order valence-electron chi connectivity index (χ3n) is 4.87. The molecule has 1 atom stereocenters. The van der Waals surface area contributed by atoms with Crippen molar-refractivity contribution in [1.29, 1.82) is 0 Å². The van der Waals surface area contributed by atoms with Crippen LogP contribution in [-0.2, 0) is 0 Å². The third-order valence-corrected chi connectivity index (χ3v) is 4.87. The lowest BCUT2D eigenvalue weighted by Crippen LogP contribution is -2.49. The Hall–Kier alpha value is -1.80. The number of benzene rings is 2. The van der Waals surface area contributed by atoms with Gasteiger partial charge in [-0.1, -0.05) is 49.4 Å². The molecule has 1 saturated heterocycles. The molecule has 22 heavy (non-hydrogen) atoms. The van der Waals surface area contributed by atoms with E-state index in [2.05, 4.69) is 78.2 Å². The van der Waals surface area contributed by atoms with E-state index in [9.17, 15) is 0 Å². The Labute approximate surface area is 134 Å². The highest BCUT2D eigenvalue weighted by molar-refractivity contribution is 5.66. The Bertz CT molecular complexity index is 568. The third kappa shape index (κ3) is 3.33. The van der Waals surface area contributed by atoms with Crippen LogP contribution < -0.4 is 4.90 Å². The summed E-state index contributed by atoms with van der Waals surface area (Å²) in [4.78, 5) is 5.11. The first kappa shape index (κ1) is 15.1. The minimum absolute atomic E-state index is 0.711. The van der Waals surface area contributed by atoms with Crippen molar-refractivity contribution in [3.8, 4) is 11.1 Å². The van der Waals surface area contributed by atoms with E-state index < -0.39 is 0 Å². The van der Waals surface area contributed by atoms with Crippen LogP contribution in [0.5, 0.6) is 0 Å². The molecule has 1 fully saturated rings. The van der Waals surface area contributed by atoms with E-state index >= 15 is 0 Å². The molecule has 0 radical (unpaired) electrons. The van der Waals surface area contributed by atoms with Crippen LogP contribution in [0.1, 0.15) is 20.3 Å². The van der Waals surface area contributed by atoms with Crippen LogP contribution in [0.4, 0.5) is 5.69 Å². The summed E-state index contributed by atoms with van der Waals surface area (Å²) in [5.41, 5.74) is 3.93. The molecule has 1 aliphatic heterocycles. The number of hydrogen-bond acceptors (Lipinski definition) is 2. The lowest BCUT2D eigenvalue weighted by molar-refractivity contribution is 0.193. The van der Waals surface area contributed by atoms with Gasteiger partial charge in [-0.25, -0.2) is 0 Å². The van der Waals surface area contributed by atoms with E-state index in [-0.39, 0.29) is 0 Å². The molecule has 2 heteroatoms. The zero-order chi connectivity index (χ0) is 15.4. The average molecular weight is 294 g/mol. The molecular formula is C20H26N2. The van der Waals surface area contributed by atoms with E-state index in [0.29, 0.717) is 6.04 Å². The van der Waals surface area contributed by atoms with Gasteiger partial charge in [0, 0.05) is 37.9 Å². The Morgan fingerprint density at radius 2 is 1.41 bits per heavy atom. The summed E-state index contributed by atoms with van der Waals surface area (Å²) in [6, 6.07) is 20.3. The SMILES string of the molecule is CCC(C)N1CCN(c2ccc(-c3ccccc3)cc2)CC1. The van der Waals surface area contributed by atoms with Gasteiger partial charge in [0.1, 0.15) is 0 Å². The molecule has 0 N–H and O–H groups in total. The Kier molecular flexibility index (Phi) is 4.79. The van der Waals surface area contributed by atoms with Gasteiger partial charge in [-0.3, -0.25) is 4.90 Å². The quantitative estimate of drug-likeness (QED) is 0.830. The smallest absolute Gasteiger partial charge is 0.0367 e. The fraction of sp³-hybridized carbons (Fsp3) is 0.400. The largest absolute Gasteiger partial charge is 0.369 e. The fourth-order valence-corrected chi connectivity index (χ4v) is 3.17. The van der Waals surface area contributed by atoms with Gasteiger partial charge in [0.25, 0.3) is 0 Å². The molecule has 2 aromatic rings. The Morgan fingerprint density at radius 3 is 2.00 bits per heavy atom. The maximum Gasteiger partial charge on any atom is 0.0367 e. The molecule has 0 saturated carbocycles. The topological polar surface area (TPSA) is 6.48 Å². The second-order valence-corrected chi connectivity index (χ2v) is 6.19. The molecule has 0 bridgehead atoms. The van der Waals surface area contributed by atoms with Gasteiger partial charge in [-0.05, 0) is 36.6 Å². The molecule has 1 unspecified atom stereocenters. The molecular weight excluding hydrogens is 268 g/mol. The number of hydrogen-bond donors (Lipinski definition) is 0. The van der Waals surface area contributed by atoms with Crippen LogP contribution in [0, 0.1) is 0 Å². The second-order valence-electron chi connectivity index (χ2n) is 6.19. The molecule has 0 aliphatic carbocycles. The van der Waals surface area contributed by atoms with Gasteiger partial charge < -0.3 is 4.90 Å². The summed E-state index contributed by atoms with van der Waals surface area (Å²) < 4.78 is 0. The molecule has 2 aromatic carbocycles. The van der Waals surface area contributed by atoms with Crippen molar-refractivity contribution in [2.75, 3.05) is 31.1 Å². The maximum atomic E-state index is 2.61. The molecule has 3 rings (SSSR count). The summed E-state index contributed by atoms with van der Waals surface area (Å²) in [5.74, 6) is 0. The highest BCUT2D eigenvalue weighted by atomic mass is 15.3. The van der Waals surface area contributed by atoms with E-state index in [1.807, 2.05) is 0 Å². The number of rotatable bonds is 4. The number of anilines is 1. The van der Waals surface area contributed by atoms with Gasteiger partial charge in [-0.15, -0.1) is 0 Å². The van der Waals surface area contributed by atoms with E-state index in [0.717, 1.165) is 13.1 Å². The summed E-state index contributed by atoms with van der Waals surface area (Å²) in [6.45, 7) is 9.23. The van der Waals surface area contributed by atoms with Crippen LogP contribution >= 0.6 is 0 Å². The van der Waals surface area contributed by atoms with Gasteiger partial charge >= 0.3 is 0 Å². The predicted molar refractivity (Wildman–Crippen MR) is 95.4 cm³/mol. The average Bonchev–Trinajstić information content (AvgIpc) is 2.62. The summed E-state index contributed by atoms with van der Waals surface area (Å²) in [5, 5.41) is 0.